The highest BCUT2D eigenvalue weighted by Crippen LogP contribution is 2.19. The molecule has 0 aliphatic heterocycles. The second-order valence-corrected chi connectivity index (χ2v) is 6.74. The summed E-state index contributed by atoms with van der Waals surface area (Å²) in [6.07, 6.45) is 1.56. The van der Waals surface area contributed by atoms with E-state index in [1.54, 1.807) is 28.7 Å². The molecular weight excluding hydrogens is 368 g/mol. The first-order valence-corrected chi connectivity index (χ1v) is 9.26. The largest absolute Gasteiger partial charge is 0.366 e. The number of aryl methyl sites for hydroxylation is 1. The van der Waals surface area contributed by atoms with Crippen molar-refractivity contribution in [1.82, 2.24) is 19.6 Å². The predicted molar refractivity (Wildman–Crippen MR) is 102 cm³/mol. The third-order valence-electron chi connectivity index (χ3n) is 3.74. The van der Waals surface area contributed by atoms with Crippen molar-refractivity contribution in [2.24, 2.45) is 5.73 Å². The topological polar surface area (TPSA) is 135 Å². The van der Waals surface area contributed by atoms with E-state index in [0.717, 1.165) is 12.1 Å². The lowest BCUT2D eigenvalue weighted by atomic mass is 10.2. The van der Waals surface area contributed by atoms with Crippen molar-refractivity contribution in [1.29, 1.82) is 0 Å². The average Bonchev–Trinajstić information content (AvgIpc) is 3.03. The number of carbonyl (C=O) groups excluding carboxylic acids is 2. The fraction of sp³-hybridized carbons (Fsp3) is 0.235. The van der Waals surface area contributed by atoms with E-state index in [0.29, 0.717) is 28.6 Å². The first kappa shape index (κ1) is 18.6. The van der Waals surface area contributed by atoms with E-state index in [1.807, 2.05) is 6.92 Å². The number of nitrogens with zero attached hydrogens (tertiary/aromatic N) is 3. The highest BCUT2D eigenvalue weighted by atomic mass is 32.2. The number of H-pyrrole nitrogens is 1. The van der Waals surface area contributed by atoms with E-state index >= 15 is 0 Å². The minimum absolute atomic E-state index is 0.114. The molecule has 0 fully saturated rings. The number of amides is 2. The zero-order valence-electron chi connectivity index (χ0n) is 14.6. The normalized spacial score (nSPS) is 10.9. The molecule has 0 saturated carbocycles. The Morgan fingerprint density at radius 3 is 2.67 bits per heavy atom. The Kier molecular flexibility index (Phi) is 5.55. The van der Waals surface area contributed by atoms with Crippen molar-refractivity contribution in [2.75, 3.05) is 11.1 Å². The van der Waals surface area contributed by atoms with Gasteiger partial charge < -0.3 is 11.1 Å². The second kappa shape index (κ2) is 8.04. The van der Waals surface area contributed by atoms with Crippen LogP contribution in [0, 0.1) is 0 Å². The summed E-state index contributed by atoms with van der Waals surface area (Å²) in [4.78, 5) is 37.6. The molecular formula is C17H18N6O3S. The van der Waals surface area contributed by atoms with Crippen LogP contribution >= 0.6 is 11.8 Å². The number of aromatic nitrogens is 4. The fourth-order valence-electron chi connectivity index (χ4n) is 2.55. The fourth-order valence-corrected chi connectivity index (χ4v) is 3.31. The van der Waals surface area contributed by atoms with Crippen LogP contribution in [0.5, 0.6) is 0 Å². The molecule has 0 bridgehead atoms. The van der Waals surface area contributed by atoms with Crippen LogP contribution in [0.4, 0.5) is 5.69 Å². The van der Waals surface area contributed by atoms with Crippen molar-refractivity contribution in [3.63, 3.8) is 0 Å². The number of rotatable bonds is 7. The summed E-state index contributed by atoms with van der Waals surface area (Å²) in [5, 5.41) is 11.3. The van der Waals surface area contributed by atoms with Gasteiger partial charge in [0.05, 0.1) is 5.75 Å². The number of anilines is 1. The molecule has 0 aliphatic carbocycles. The van der Waals surface area contributed by atoms with E-state index < -0.39 is 5.91 Å². The smallest absolute Gasteiger partial charge is 0.252 e. The number of hydrogen-bond acceptors (Lipinski definition) is 6. The Labute approximate surface area is 158 Å². The first-order chi connectivity index (χ1) is 13.0. The number of thioether (sulfide) groups is 1. The van der Waals surface area contributed by atoms with Gasteiger partial charge in [0.25, 0.3) is 5.56 Å². The molecule has 0 aliphatic rings. The van der Waals surface area contributed by atoms with E-state index in [4.69, 9.17) is 5.73 Å². The van der Waals surface area contributed by atoms with E-state index in [1.165, 1.54) is 17.8 Å². The van der Waals surface area contributed by atoms with Crippen molar-refractivity contribution in [3.8, 4) is 0 Å². The summed E-state index contributed by atoms with van der Waals surface area (Å²) < 4.78 is 1.75. The van der Waals surface area contributed by atoms with Crippen molar-refractivity contribution >= 4 is 35.0 Å². The van der Waals surface area contributed by atoms with Gasteiger partial charge in [-0.2, -0.15) is 0 Å². The van der Waals surface area contributed by atoms with Crippen LogP contribution in [0.3, 0.4) is 0 Å². The van der Waals surface area contributed by atoms with Crippen LogP contribution in [0.25, 0.3) is 5.78 Å². The maximum Gasteiger partial charge on any atom is 0.252 e. The molecule has 0 atom stereocenters. The SMILES string of the molecule is CCCc1cc(=O)[nH]c2nnc(SCC(=O)Nc3ccc(C(N)=O)cc3)n12. The third kappa shape index (κ3) is 4.34. The summed E-state index contributed by atoms with van der Waals surface area (Å²) in [7, 11) is 0. The van der Waals surface area contributed by atoms with Gasteiger partial charge in [0.2, 0.25) is 17.6 Å². The Morgan fingerprint density at radius 1 is 1.26 bits per heavy atom. The van der Waals surface area contributed by atoms with Crippen LogP contribution in [-0.4, -0.2) is 37.1 Å². The summed E-state index contributed by atoms with van der Waals surface area (Å²) in [6, 6.07) is 7.83. The highest BCUT2D eigenvalue weighted by molar-refractivity contribution is 7.99. The lowest BCUT2D eigenvalue weighted by Crippen LogP contribution is -2.16. The Hall–Kier alpha value is -3.14. The average molecular weight is 386 g/mol. The quantitative estimate of drug-likeness (QED) is 0.522. The number of nitrogens with two attached hydrogens (primary N) is 1. The molecule has 0 unspecified atom stereocenters. The van der Waals surface area contributed by atoms with Crippen LogP contribution in [0.1, 0.15) is 29.4 Å². The number of aromatic amines is 1. The monoisotopic (exact) mass is 386 g/mol. The number of primary amides is 1. The van der Waals surface area contributed by atoms with E-state index in [-0.39, 0.29) is 17.2 Å². The van der Waals surface area contributed by atoms with Crippen LogP contribution in [0.15, 0.2) is 40.3 Å². The molecule has 2 amide bonds. The third-order valence-corrected chi connectivity index (χ3v) is 4.67. The highest BCUT2D eigenvalue weighted by Gasteiger charge is 2.13. The number of carbonyl (C=O) groups is 2. The molecule has 0 spiro atoms. The number of hydrogen-bond donors (Lipinski definition) is 3. The number of fused-ring (bicyclic) bond motifs is 1. The first-order valence-electron chi connectivity index (χ1n) is 8.27. The van der Waals surface area contributed by atoms with Crippen molar-refractivity contribution in [2.45, 2.75) is 24.9 Å². The minimum Gasteiger partial charge on any atom is -0.366 e. The van der Waals surface area contributed by atoms with Crippen LogP contribution < -0.4 is 16.6 Å². The molecule has 10 heteroatoms. The maximum atomic E-state index is 12.2. The standard InChI is InChI=1S/C17H18N6O3S/c1-2-3-12-8-13(24)20-16-21-22-17(23(12)16)27-9-14(25)19-11-6-4-10(5-7-11)15(18)26/h4-8H,2-3,9H2,1H3,(H2,18,26)(H,19,25)(H,20,21,24). The van der Waals surface area contributed by atoms with Gasteiger partial charge in [-0.1, -0.05) is 25.1 Å². The summed E-state index contributed by atoms with van der Waals surface area (Å²) in [5.74, 6) is -0.285. The molecule has 4 N–H and O–H groups in total. The van der Waals surface area contributed by atoms with Crippen molar-refractivity contribution in [3.05, 3.63) is 51.9 Å². The number of nitrogens with one attached hydrogen (secondary N) is 2. The van der Waals surface area contributed by atoms with Gasteiger partial charge in [0.15, 0.2) is 5.16 Å². The summed E-state index contributed by atoms with van der Waals surface area (Å²) in [5.41, 5.74) is 6.69. The van der Waals surface area contributed by atoms with Crippen molar-refractivity contribution < 1.29 is 9.59 Å². The lowest BCUT2D eigenvalue weighted by Gasteiger charge is -2.07. The molecule has 2 heterocycles. The molecule has 0 radical (unpaired) electrons. The van der Waals surface area contributed by atoms with Crippen LogP contribution in [0.2, 0.25) is 0 Å². The van der Waals surface area contributed by atoms with Gasteiger partial charge in [-0.3, -0.25) is 23.8 Å². The molecule has 3 aromatic rings. The molecule has 27 heavy (non-hydrogen) atoms. The van der Waals surface area contributed by atoms with Gasteiger partial charge in [0.1, 0.15) is 0 Å². The Morgan fingerprint density at radius 2 is 2.00 bits per heavy atom. The Balaban J connectivity index is 1.70. The maximum absolute atomic E-state index is 12.2. The second-order valence-electron chi connectivity index (χ2n) is 5.79. The zero-order valence-corrected chi connectivity index (χ0v) is 15.4. The predicted octanol–water partition coefficient (Wildman–Crippen LogP) is 1.20. The van der Waals surface area contributed by atoms with Gasteiger partial charge in [-0.15, -0.1) is 10.2 Å². The molecule has 1 aromatic carbocycles. The molecule has 9 nitrogen and oxygen atoms in total. The van der Waals surface area contributed by atoms with Gasteiger partial charge in [-0.25, -0.2) is 0 Å². The lowest BCUT2D eigenvalue weighted by molar-refractivity contribution is -0.113. The van der Waals surface area contributed by atoms with Gasteiger partial charge >= 0.3 is 0 Å². The zero-order chi connectivity index (χ0) is 19.4. The van der Waals surface area contributed by atoms with Gasteiger partial charge in [0, 0.05) is 23.0 Å². The summed E-state index contributed by atoms with van der Waals surface area (Å²) in [6.45, 7) is 2.02. The summed E-state index contributed by atoms with van der Waals surface area (Å²) >= 11 is 1.22. The van der Waals surface area contributed by atoms with Crippen LogP contribution in [-0.2, 0) is 11.2 Å². The number of benzene rings is 1. The molecule has 140 valence electrons. The minimum atomic E-state index is -0.525. The molecule has 3 rings (SSSR count). The molecule has 2 aromatic heterocycles. The van der Waals surface area contributed by atoms with Gasteiger partial charge in [-0.05, 0) is 30.7 Å². The molecule has 0 saturated heterocycles. The van der Waals surface area contributed by atoms with E-state index in [9.17, 15) is 14.4 Å². The van der Waals surface area contributed by atoms with E-state index in [2.05, 4.69) is 20.5 Å². The Bertz CT molecular complexity index is 1040.